The largest absolute Gasteiger partial charge is 0.354 e. The minimum atomic E-state index is -0.107. The molecule has 0 amide bonds. The monoisotopic (exact) mass is 395 g/mol. The summed E-state index contributed by atoms with van der Waals surface area (Å²) in [5, 5.41) is 7.12. The first-order valence-corrected chi connectivity index (χ1v) is 10.7. The van der Waals surface area contributed by atoms with E-state index < -0.39 is 0 Å². The molecule has 0 bridgehead atoms. The van der Waals surface area contributed by atoms with Crippen molar-refractivity contribution >= 4 is 5.96 Å². The highest BCUT2D eigenvalue weighted by atomic mass is 19.1. The Balaban J connectivity index is 1.26. The highest BCUT2D eigenvalue weighted by molar-refractivity contribution is 5.81. The maximum absolute atomic E-state index is 14.0. The first kappa shape index (κ1) is 19.8. The molecule has 2 atom stereocenters. The van der Waals surface area contributed by atoms with Gasteiger partial charge in [0.25, 0.3) is 0 Å². The van der Waals surface area contributed by atoms with Crippen molar-refractivity contribution in [3.05, 3.63) is 65.7 Å². The molecule has 1 aliphatic heterocycles. The fraction of sp³-hybridized carbons (Fsp3) is 0.478. The molecule has 2 N–H and O–H groups in total. The van der Waals surface area contributed by atoms with Gasteiger partial charge >= 0.3 is 0 Å². The molecule has 1 aromatic heterocycles. The molecule has 2 heterocycles. The van der Waals surface area contributed by atoms with Crippen molar-refractivity contribution in [3.63, 3.8) is 0 Å². The van der Waals surface area contributed by atoms with E-state index in [-0.39, 0.29) is 17.8 Å². The predicted molar refractivity (Wildman–Crippen MR) is 114 cm³/mol. The van der Waals surface area contributed by atoms with E-state index in [1.807, 2.05) is 37.4 Å². The minimum Gasteiger partial charge on any atom is -0.354 e. The number of pyridine rings is 1. The second kappa shape index (κ2) is 9.35. The Morgan fingerprint density at radius 2 is 1.93 bits per heavy atom. The average Bonchev–Trinajstić information content (AvgIpc) is 3.49. The Morgan fingerprint density at radius 3 is 2.66 bits per heavy atom. The Kier molecular flexibility index (Phi) is 6.39. The van der Waals surface area contributed by atoms with E-state index in [2.05, 4.69) is 31.6 Å². The number of piperidine rings is 1. The number of rotatable bonds is 6. The maximum Gasteiger partial charge on any atom is 0.191 e. The summed E-state index contributed by atoms with van der Waals surface area (Å²) in [5.74, 6) is 0.990. The van der Waals surface area contributed by atoms with Crippen molar-refractivity contribution in [2.24, 2.45) is 4.99 Å². The van der Waals surface area contributed by atoms with Crippen LogP contribution in [0.1, 0.15) is 43.4 Å². The van der Waals surface area contributed by atoms with Gasteiger partial charge in [-0.05, 0) is 49.9 Å². The highest BCUT2D eigenvalue weighted by Gasteiger charge is 2.40. The van der Waals surface area contributed by atoms with Gasteiger partial charge in [-0.2, -0.15) is 0 Å². The zero-order valence-corrected chi connectivity index (χ0v) is 17.0. The molecule has 29 heavy (non-hydrogen) atoms. The molecule has 6 heteroatoms. The average molecular weight is 396 g/mol. The van der Waals surface area contributed by atoms with E-state index in [9.17, 15) is 4.39 Å². The molecule has 4 rings (SSSR count). The van der Waals surface area contributed by atoms with Gasteiger partial charge in [0, 0.05) is 50.4 Å². The van der Waals surface area contributed by atoms with Crippen LogP contribution < -0.4 is 10.6 Å². The van der Waals surface area contributed by atoms with E-state index in [4.69, 9.17) is 0 Å². The number of nitrogens with one attached hydrogen (secondary N) is 2. The van der Waals surface area contributed by atoms with Crippen LogP contribution in [0.3, 0.4) is 0 Å². The number of benzene rings is 1. The van der Waals surface area contributed by atoms with Crippen LogP contribution >= 0.6 is 0 Å². The Bertz CT molecular complexity index is 817. The molecule has 2 aromatic rings. The number of hydrogen-bond acceptors (Lipinski definition) is 3. The summed E-state index contributed by atoms with van der Waals surface area (Å²) in [6, 6.07) is 13.8. The van der Waals surface area contributed by atoms with E-state index in [1.165, 1.54) is 0 Å². The summed E-state index contributed by atoms with van der Waals surface area (Å²) < 4.78 is 14.0. The highest BCUT2D eigenvalue weighted by Crippen LogP contribution is 2.41. The van der Waals surface area contributed by atoms with Crippen molar-refractivity contribution in [3.8, 4) is 0 Å². The molecular formula is C23H30FN5. The van der Waals surface area contributed by atoms with Crippen LogP contribution in [0.15, 0.2) is 53.7 Å². The van der Waals surface area contributed by atoms with Crippen LogP contribution in [-0.4, -0.2) is 47.6 Å². The van der Waals surface area contributed by atoms with Gasteiger partial charge in [0.05, 0.1) is 5.69 Å². The Labute approximate surface area is 172 Å². The number of guanidine groups is 1. The van der Waals surface area contributed by atoms with Gasteiger partial charge in [-0.3, -0.25) is 14.9 Å². The first-order valence-electron chi connectivity index (χ1n) is 10.7. The van der Waals surface area contributed by atoms with Gasteiger partial charge < -0.3 is 10.6 Å². The van der Waals surface area contributed by atoms with Crippen molar-refractivity contribution < 1.29 is 4.39 Å². The van der Waals surface area contributed by atoms with Crippen LogP contribution in [0.2, 0.25) is 0 Å². The van der Waals surface area contributed by atoms with Crippen LogP contribution in [0.4, 0.5) is 4.39 Å². The van der Waals surface area contributed by atoms with E-state index in [0.717, 1.165) is 62.7 Å². The standard InChI is InChI=1S/C23H30FN5/c1-2-25-23(28-22-15-20(22)19-8-3-4-9-21(19)24)27-17-10-13-29(14-11-17)16-18-7-5-6-12-26-18/h3-9,12,17,20,22H,2,10-11,13-16H2,1H3,(H2,25,27,28). The van der Waals surface area contributed by atoms with Crippen molar-refractivity contribution in [1.29, 1.82) is 0 Å². The number of nitrogens with zero attached hydrogens (tertiary/aromatic N) is 3. The second-order valence-electron chi connectivity index (χ2n) is 7.95. The second-order valence-corrected chi connectivity index (χ2v) is 7.95. The predicted octanol–water partition coefficient (Wildman–Crippen LogP) is 3.30. The van der Waals surface area contributed by atoms with Crippen molar-refractivity contribution in [1.82, 2.24) is 20.5 Å². The van der Waals surface area contributed by atoms with E-state index >= 15 is 0 Å². The molecular weight excluding hydrogens is 365 g/mol. The molecule has 1 aromatic carbocycles. The van der Waals surface area contributed by atoms with Crippen LogP contribution in [0.5, 0.6) is 0 Å². The number of aromatic nitrogens is 1. The summed E-state index contributed by atoms with van der Waals surface area (Å²) in [6.45, 7) is 5.78. The van der Waals surface area contributed by atoms with Crippen molar-refractivity contribution in [2.75, 3.05) is 19.6 Å². The smallest absolute Gasteiger partial charge is 0.191 e. The quantitative estimate of drug-likeness (QED) is 0.582. The molecule has 5 nitrogen and oxygen atoms in total. The molecule has 2 aliphatic rings. The zero-order chi connectivity index (χ0) is 20.1. The minimum absolute atomic E-state index is 0.107. The lowest BCUT2D eigenvalue weighted by atomic mass is 10.0. The van der Waals surface area contributed by atoms with E-state index in [0.29, 0.717) is 6.04 Å². The lowest BCUT2D eigenvalue weighted by Gasteiger charge is -2.33. The molecule has 1 saturated heterocycles. The third kappa shape index (κ3) is 5.32. The van der Waals surface area contributed by atoms with Gasteiger partial charge in [-0.15, -0.1) is 0 Å². The molecule has 154 valence electrons. The topological polar surface area (TPSA) is 52.6 Å². The number of hydrogen-bond donors (Lipinski definition) is 2. The summed E-state index contributed by atoms with van der Waals surface area (Å²) >= 11 is 0. The normalized spacial score (nSPS) is 23.0. The van der Waals surface area contributed by atoms with Gasteiger partial charge in [0.2, 0.25) is 0 Å². The van der Waals surface area contributed by atoms with Gasteiger partial charge in [-0.25, -0.2) is 4.39 Å². The van der Waals surface area contributed by atoms with Crippen molar-refractivity contribution in [2.45, 2.75) is 50.7 Å². The van der Waals surface area contributed by atoms with Crippen LogP contribution in [0, 0.1) is 5.82 Å². The first-order chi connectivity index (χ1) is 14.2. The SMILES string of the molecule is CCN=C(NC1CCN(Cc2ccccn2)CC1)NC1CC1c1ccccc1F. The summed E-state index contributed by atoms with van der Waals surface area (Å²) in [4.78, 5) is 11.5. The van der Waals surface area contributed by atoms with E-state index in [1.54, 1.807) is 12.1 Å². The lowest BCUT2D eigenvalue weighted by Crippen LogP contribution is -2.49. The maximum atomic E-state index is 14.0. The molecule has 2 fully saturated rings. The zero-order valence-electron chi connectivity index (χ0n) is 17.0. The summed E-state index contributed by atoms with van der Waals surface area (Å²) in [7, 11) is 0. The fourth-order valence-corrected chi connectivity index (χ4v) is 4.09. The van der Waals surface area contributed by atoms with Gasteiger partial charge in [0.1, 0.15) is 5.82 Å². The number of halogens is 1. The molecule has 0 radical (unpaired) electrons. The molecule has 1 aliphatic carbocycles. The summed E-state index contributed by atoms with van der Waals surface area (Å²) in [5.41, 5.74) is 1.94. The Hall–Kier alpha value is -2.47. The molecule has 2 unspecified atom stereocenters. The summed E-state index contributed by atoms with van der Waals surface area (Å²) in [6.07, 6.45) is 4.97. The number of aliphatic imine (C=N–C) groups is 1. The van der Waals surface area contributed by atoms with Gasteiger partial charge in [-0.1, -0.05) is 24.3 Å². The third-order valence-electron chi connectivity index (χ3n) is 5.77. The lowest BCUT2D eigenvalue weighted by molar-refractivity contribution is 0.196. The fourth-order valence-electron chi connectivity index (χ4n) is 4.09. The van der Waals surface area contributed by atoms with Crippen LogP contribution in [0.25, 0.3) is 0 Å². The number of likely N-dealkylation sites (tertiary alicyclic amines) is 1. The third-order valence-corrected chi connectivity index (χ3v) is 5.77. The molecule has 0 spiro atoms. The molecule has 1 saturated carbocycles. The van der Waals surface area contributed by atoms with Crippen LogP contribution in [-0.2, 0) is 6.54 Å². The Morgan fingerprint density at radius 1 is 1.14 bits per heavy atom. The van der Waals surface area contributed by atoms with Gasteiger partial charge in [0.15, 0.2) is 5.96 Å².